The minimum Gasteiger partial charge on any atom is -0.368 e. The number of thioether (sulfide) groups is 1. The highest BCUT2D eigenvalue weighted by atomic mass is 32.2. The number of aromatic nitrogens is 4. The van der Waals surface area contributed by atoms with Crippen LogP contribution in [0.15, 0.2) is 34.9 Å². The van der Waals surface area contributed by atoms with E-state index in [1.165, 1.54) is 0 Å². The third-order valence-electron chi connectivity index (χ3n) is 4.86. The lowest BCUT2D eigenvalue weighted by Gasteiger charge is -2.33. The van der Waals surface area contributed by atoms with E-state index in [0.717, 1.165) is 58.3 Å². The summed E-state index contributed by atoms with van der Waals surface area (Å²) in [6, 6.07) is 6.02. The summed E-state index contributed by atoms with van der Waals surface area (Å²) in [6.45, 7) is 10.6. The molecule has 0 bridgehead atoms. The molecule has 4 heterocycles. The monoisotopic (exact) mass is 441 g/mol. The van der Waals surface area contributed by atoms with Gasteiger partial charge in [-0.05, 0) is 32.2 Å². The Balaban J connectivity index is 1.46. The number of piperazine rings is 1. The minimum atomic E-state index is 0.505. The minimum absolute atomic E-state index is 0.505. The highest BCUT2D eigenvalue weighted by Crippen LogP contribution is 2.35. The standard InChI is InChI=1S/C21H27N7S2/c1-14(2)29-21-24-15(3)19(30-21)17-7-8-22-20(25-17)26-18-6-5-16(13-23-18)28-11-9-27(4)10-12-28/h5-8,13-14H,9-12H2,1-4H3,(H,22,23,25,26). The van der Waals surface area contributed by atoms with Crippen molar-refractivity contribution >= 4 is 40.6 Å². The summed E-state index contributed by atoms with van der Waals surface area (Å²) in [6.07, 6.45) is 3.69. The van der Waals surface area contributed by atoms with E-state index in [1.807, 2.05) is 25.3 Å². The van der Waals surface area contributed by atoms with Crippen LogP contribution in [0.5, 0.6) is 0 Å². The second kappa shape index (κ2) is 9.28. The second-order valence-corrected chi connectivity index (χ2v) is 10.5. The average molecular weight is 442 g/mol. The van der Waals surface area contributed by atoms with Gasteiger partial charge in [0.25, 0.3) is 0 Å². The van der Waals surface area contributed by atoms with Crippen LogP contribution in [0.25, 0.3) is 10.6 Å². The lowest BCUT2D eigenvalue weighted by atomic mass is 10.3. The predicted molar refractivity (Wildman–Crippen MR) is 126 cm³/mol. The van der Waals surface area contributed by atoms with Gasteiger partial charge in [-0.1, -0.05) is 25.6 Å². The zero-order valence-electron chi connectivity index (χ0n) is 17.8. The number of pyridine rings is 1. The Morgan fingerprint density at radius 1 is 1.07 bits per heavy atom. The first-order valence-electron chi connectivity index (χ1n) is 10.1. The third-order valence-corrected chi connectivity index (χ3v) is 7.14. The Bertz CT molecular complexity index is 979. The number of nitrogens with zero attached hydrogens (tertiary/aromatic N) is 6. The molecule has 0 unspecified atom stereocenters. The number of thiazole rings is 1. The SMILES string of the molecule is Cc1nc(SC(C)C)sc1-c1ccnc(Nc2ccc(N3CCN(C)CC3)cn2)n1. The Morgan fingerprint density at radius 3 is 2.57 bits per heavy atom. The van der Waals surface area contributed by atoms with Gasteiger partial charge in [-0.2, -0.15) is 0 Å². The molecule has 1 aliphatic rings. The summed E-state index contributed by atoms with van der Waals surface area (Å²) in [4.78, 5) is 24.1. The number of likely N-dealkylation sites (N-methyl/N-ethyl adjacent to an activating group) is 1. The van der Waals surface area contributed by atoms with E-state index >= 15 is 0 Å². The Morgan fingerprint density at radius 2 is 1.87 bits per heavy atom. The number of hydrogen-bond acceptors (Lipinski definition) is 9. The molecule has 4 rings (SSSR count). The van der Waals surface area contributed by atoms with E-state index in [9.17, 15) is 0 Å². The van der Waals surface area contributed by atoms with Crippen molar-refractivity contribution in [2.45, 2.75) is 30.4 Å². The molecular weight excluding hydrogens is 414 g/mol. The van der Waals surface area contributed by atoms with E-state index in [-0.39, 0.29) is 0 Å². The van der Waals surface area contributed by atoms with Crippen molar-refractivity contribution in [3.8, 4) is 10.6 Å². The van der Waals surface area contributed by atoms with Crippen molar-refractivity contribution in [1.82, 2.24) is 24.8 Å². The first-order chi connectivity index (χ1) is 14.5. The molecule has 0 radical (unpaired) electrons. The van der Waals surface area contributed by atoms with Gasteiger partial charge in [-0.25, -0.2) is 19.9 Å². The Labute approximate surface area is 186 Å². The van der Waals surface area contributed by atoms with Gasteiger partial charge in [-0.3, -0.25) is 0 Å². The molecule has 0 aromatic carbocycles. The first kappa shape index (κ1) is 21.0. The molecule has 0 saturated carbocycles. The van der Waals surface area contributed by atoms with Crippen molar-refractivity contribution in [3.63, 3.8) is 0 Å². The van der Waals surface area contributed by atoms with E-state index in [0.29, 0.717) is 11.2 Å². The van der Waals surface area contributed by atoms with Crippen LogP contribution in [0.1, 0.15) is 19.5 Å². The zero-order valence-corrected chi connectivity index (χ0v) is 19.4. The zero-order chi connectivity index (χ0) is 21.1. The molecule has 0 amide bonds. The predicted octanol–water partition coefficient (Wildman–Crippen LogP) is 4.30. The van der Waals surface area contributed by atoms with E-state index < -0.39 is 0 Å². The molecule has 0 aliphatic carbocycles. The van der Waals surface area contributed by atoms with Crippen LogP contribution in [0.3, 0.4) is 0 Å². The summed E-state index contributed by atoms with van der Waals surface area (Å²) in [7, 11) is 2.16. The Hall–Kier alpha value is -2.23. The van der Waals surface area contributed by atoms with Gasteiger partial charge in [0.1, 0.15) is 5.82 Å². The fourth-order valence-corrected chi connectivity index (χ4v) is 5.61. The van der Waals surface area contributed by atoms with Crippen LogP contribution >= 0.6 is 23.1 Å². The van der Waals surface area contributed by atoms with Crippen LogP contribution in [0, 0.1) is 6.92 Å². The average Bonchev–Trinajstić information content (AvgIpc) is 3.09. The molecular formula is C21H27N7S2. The van der Waals surface area contributed by atoms with Gasteiger partial charge in [0.15, 0.2) is 4.34 Å². The van der Waals surface area contributed by atoms with Crippen LogP contribution < -0.4 is 10.2 Å². The van der Waals surface area contributed by atoms with Crippen LogP contribution in [-0.2, 0) is 0 Å². The lowest BCUT2D eigenvalue weighted by molar-refractivity contribution is 0.313. The number of aryl methyl sites for hydroxylation is 1. The molecule has 30 heavy (non-hydrogen) atoms. The van der Waals surface area contributed by atoms with Gasteiger partial charge < -0.3 is 15.1 Å². The molecule has 158 valence electrons. The quantitative estimate of drug-likeness (QED) is 0.568. The molecule has 7 nitrogen and oxygen atoms in total. The van der Waals surface area contributed by atoms with Gasteiger partial charge in [0, 0.05) is 37.6 Å². The largest absolute Gasteiger partial charge is 0.368 e. The maximum Gasteiger partial charge on any atom is 0.228 e. The van der Waals surface area contributed by atoms with E-state index in [2.05, 4.69) is 57.0 Å². The topological polar surface area (TPSA) is 70.1 Å². The fourth-order valence-electron chi connectivity index (χ4n) is 3.23. The Kier molecular flexibility index (Phi) is 6.50. The summed E-state index contributed by atoms with van der Waals surface area (Å²) >= 11 is 3.46. The molecule has 0 atom stereocenters. The number of rotatable bonds is 6. The molecule has 9 heteroatoms. The number of nitrogens with one attached hydrogen (secondary N) is 1. The van der Waals surface area contributed by atoms with Crippen LogP contribution in [-0.4, -0.2) is 63.3 Å². The van der Waals surface area contributed by atoms with Crippen molar-refractivity contribution in [2.24, 2.45) is 0 Å². The van der Waals surface area contributed by atoms with Crippen molar-refractivity contribution < 1.29 is 0 Å². The van der Waals surface area contributed by atoms with Crippen LogP contribution in [0.2, 0.25) is 0 Å². The third kappa shape index (κ3) is 5.08. The lowest BCUT2D eigenvalue weighted by Crippen LogP contribution is -2.44. The van der Waals surface area contributed by atoms with Crippen molar-refractivity contribution in [2.75, 3.05) is 43.4 Å². The van der Waals surface area contributed by atoms with Gasteiger partial charge in [-0.15, -0.1) is 11.3 Å². The number of hydrogen-bond donors (Lipinski definition) is 1. The first-order valence-corrected chi connectivity index (χ1v) is 11.8. The number of anilines is 3. The summed E-state index contributed by atoms with van der Waals surface area (Å²) in [5.74, 6) is 1.28. The highest BCUT2D eigenvalue weighted by Gasteiger charge is 2.15. The second-order valence-electron chi connectivity index (χ2n) is 7.64. The van der Waals surface area contributed by atoms with Gasteiger partial charge in [0.2, 0.25) is 5.95 Å². The normalized spacial score (nSPS) is 15.0. The highest BCUT2D eigenvalue weighted by molar-refractivity contribution is 8.01. The van der Waals surface area contributed by atoms with Crippen molar-refractivity contribution in [1.29, 1.82) is 0 Å². The molecule has 1 N–H and O–H groups in total. The molecule has 0 spiro atoms. The van der Waals surface area contributed by atoms with Crippen molar-refractivity contribution in [3.05, 3.63) is 36.3 Å². The molecule has 1 saturated heterocycles. The summed E-state index contributed by atoms with van der Waals surface area (Å²) < 4.78 is 1.08. The molecule has 1 fully saturated rings. The van der Waals surface area contributed by atoms with E-state index in [4.69, 9.17) is 4.98 Å². The maximum absolute atomic E-state index is 4.70. The van der Waals surface area contributed by atoms with Crippen LogP contribution in [0.4, 0.5) is 17.5 Å². The van der Waals surface area contributed by atoms with Gasteiger partial charge in [0.05, 0.1) is 28.1 Å². The molecule has 1 aliphatic heterocycles. The van der Waals surface area contributed by atoms with E-state index in [1.54, 1.807) is 29.3 Å². The van der Waals surface area contributed by atoms with Gasteiger partial charge >= 0.3 is 0 Å². The smallest absolute Gasteiger partial charge is 0.228 e. The molecule has 3 aromatic rings. The fraction of sp³-hybridized carbons (Fsp3) is 0.429. The molecule has 3 aromatic heterocycles. The summed E-state index contributed by atoms with van der Waals surface area (Å²) in [5.41, 5.74) is 3.04. The summed E-state index contributed by atoms with van der Waals surface area (Å²) in [5, 5.41) is 3.73. The maximum atomic E-state index is 4.70.